The zero-order chi connectivity index (χ0) is 14.1. The number of hydrogen-bond acceptors (Lipinski definition) is 3. The van der Waals surface area contributed by atoms with Gasteiger partial charge < -0.3 is 10.1 Å². The molecule has 1 unspecified atom stereocenters. The molecule has 0 heterocycles. The third-order valence-corrected chi connectivity index (χ3v) is 3.76. The maximum atomic E-state index is 11.7. The molecule has 0 aromatic carbocycles. The topological polar surface area (TPSA) is 55.4 Å². The van der Waals surface area contributed by atoms with Gasteiger partial charge in [-0.2, -0.15) is 0 Å². The normalized spacial score (nSPS) is 17.8. The number of hydrogen-bond donors (Lipinski definition) is 1. The van der Waals surface area contributed by atoms with E-state index in [1.807, 2.05) is 0 Å². The molecule has 0 saturated heterocycles. The molecule has 0 bridgehead atoms. The summed E-state index contributed by atoms with van der Waals surface area (Å²) < 4.78 is 4.85. The van der Waals surface area contributed by atoms with Crippen molar-refractivity contribution in [2.24, 2.45) is 5.92 Å². The Labute approximate surface area is 116 Å². The SMILES string of the molecule is CCOC(=O)C(C)NC(=O)CCCC1CCCCC1. The first-order valence-electron chi connectivity index (χ1n) is 7.59. The number of carbonyl (C=O) groups excluding carboxylic acids is 2. The standard InChI is InChI=1S/C15H27NO3/c1-3-19-15(18)12(2)16-14(17)11-7-10-13-8-5-4-6-9-13/h12-13H,3-11H2,1-2H3,(H,16,17). The fraction of sp³-hybridized carbons (Fsp3) is 0.867. The molecule has 19 heavy (non-hydrogen) atoms. The second-order valence-electron chi connectivity index (χ2n) is 5.44. The maximum Gasteiger partial charge on any atom is 0.328 e. The number of ether oxygens (including phenoxy) is 1. The first kappa shape index (κ1) is 16.0. The monoisotopic (exact) mass is 269 g/mol. The smallest absolute Gasteiger partial charge is 0.328 e. The van der Waals surface area contributed by atoms with Gasteiger partial charge in [0.2, 0.25) is 5.91 Å². The van der Waals surface area contributed by atoms with Crippen LogP contribution in [-0.4, -0.2) is 24.5 Å². The minimum atomic E-state index is -0.540. The quantitative estimate of drug-likeness (QED) is 0.723. The molecule has 1 aliphatic carbocycles. The highest BCUT2D eigenvalue weighted by Crippen LogP contribution is 2.27. The van der Waals surface area contributed by atoms with Gasteiger partial charge in [-0.05, 0) is 32.6 Å². The molecule has 0 spiro atoms. The molecule has 1 aliphatic rings. The van der Waals surface area contributed by atoms with Crippen molar-refractivity contribution in [3.8, 4) is 0 Å². The minimum absolute atomic E-state index is 0.0450. The lowest BCUT2D eigenvalue weighted by molar-refractivity contribution is -0.146. The van der Waals surface area contributed by atoms with Crippen LogP contribution in [0, 0.1) is 5.92 Å². The van der Waals surface area contributed by atoms with E-state index in [0.29, 0.717) is 13.0 Å². The third kappa shape index (κ3) is 6.60. The van der Waals surface area contributed by atoms with Crippen molar-refractivity contribution in [3.63, 3.8) is 0 Å². The second-order valence-corrected chi connectivity index (χ2v) is 5.44. The summed E-state index contributed by atoms with van der Waals surface area (Å²) in [6.07, 6.45) is 9.27. The summed E-state index contributed by atoms with van der Waals surface area (Å²) in [5.41, 5.74) is 0. The Kier molecular flexibility index (Phi) is 7.53. The molecule has 1 fully saturated rings. The predicted molar refractivity (Wildman–Crippen MR) is 74.7 cm³/mol. The van der Waals surface area contributed by atoms with Crippen LogP contribution < -0.4 is 5.32 Å². The van der Waals surface area contributed by atoms with E-state index in [9.17, 15) is 9.59 Å². The zero-order valence-corrected chi connectivity index (χ0v) is 12.2. The number of esters is 1. The van der Waals surface area contributed by atoms with Crippen molar-refractivity contribution in [2.45, 2.75) is 71.3 Å². The number of rotatable bonds is 7. The highest BCUT2D eigenvalue weighted by molar-refractivity contribution is 5.84. The van der Waals surface area contributed by atoms with Gasteiger partial charge in [0.25, 0.3) is 0 Å². The van der Waals surface area contributed by atoms with Gasteiger partial charge in [-0.1, -0.05) is 32.1 Å². The van der Waals surface area contributed by atoms with Crippen LogP contribution in [0.1, 0.15) is 65.2 Å². The van der Waals surface area contributed by atoms with Crippen LogP contribution >= 0.6 is 0 Å². The van der Waals surface area contributed by atoms with E-state index in [1.54, 1.807) is 13.8 Å². The van der Waals surface area contributed by atoms with Crippen molar-refractivity contribution in [2.75, 3.05) is 6.61 Å². The van der Waals surface area contributed by atoms with Crippen molar-refractivity contribution in [3.05, 3.63) is 0 Å². The van der Waals surface area contributed by atoms with Crippen LogP contribution in [0.25, 0.3) is 0 Å². The van der Waals surface area contributed by atoms with Crippen LogP contribution in [0.4, 0.5) is 0 Å². The molecule has 0 aliphatic heterocycles. The summed E-state index contributed by atoms with van der Waals surface area (Å²) in [5, 5.41) is 2.69. The Balaban J connectivity index is 2.11. The lowest BCUT2D eigenvalue weighted by Gasteiger charge is -2.21. The van der Waals surface area contributed by atoms with Crippen LogP contribution in [0.5, 0.6) is 0 Å². The van der Waals surface area contributed by atoms with Crippen LogP contribution in [0.2, 0.25) is 0 Å². The molecule has 1 amide bonds. The molecule has 0 aromatic heterocycles. The van der Waals surface area contributed by atoms with Crippen LogP contribution in [-0.2, 0) is 14.3 Å². The van der Waals surface area contributed by atoms with Crippen molar-refractivity contribution >= 4 is 11.9 Å². The molecule has 1 saturated carbocycles. The third-order valence-electron chi connectivity index (χ3n) is 3.76. The van der Waals surface area contributed by atoms with Crippen LogP contribution in [0.15, 0.2) is 0 Å². The van der Waals surface area contributed by atoms with Gasteiger partial charge in [-0.3, -0.25) is 4.79 Å². The molecule has 4 heteroatoms. The average molecular weight is 269 g/mol. The molecule has 1 rings (SSSR count). The largest absolute Gasteiger partial charge is 0.464 e. The summed E-state index contributed by atoms with van der Waals surface area (Å²) >= 11 is 0. The van der Waals surface area contributed by atoms with E-state index in [-0.39, 0.29) is 11.9 Å². The van der Waals surface area contributed by atoms with E-state index in [4.69, 9.17) is 4.74 Å². The highest BCUT2D eigenvalue weighted by Gasteiger charge is 2.17. The van der Waals surface area contributed by atoms with E-state index >= 15 is 0 Å². The zero-order valence-electron chi connectivity index (χ0n) is 12.2. The van der Waals surface area contributed by atoms with Gasteiger partial charge in [0, 0.05) is 6.42 Å². The molecule has 4 nitrogen and oxygen atoms in total. The fourth-order valence-electron chi connectivity index (χ4n) is 2.67. The lowest BCUT2D eigenvalue weighted by Crippen LogP contribution is -2.39. The summed E-state index contributed by atoms with van der Waals surface area (Å²) in [6.45, 7) is 3.77. The molecule has 1 N–H and O–H groups in total. The minimum Gasteiger partial charge on any atom is -0.464 e. The molecule has 0 aromatic rings. The Morgan fingerprint density at radius 3 is 2.58 bits per heavy atom. The number of nitrogens with one attached hydrogen (secondary N) is 1. The number of amides is 1. The van der Waals surface area contributed by atoms with E-state index < -0.39 is 6.04 Å². The van der Waals surface area contributed by atoms with Gasteiger partial charge >= 0.3 is 5.97 Å². The summed E-state index contributed by atoms with van der Waals surface area (Å²) in [5.74, 6) is 0.406. The maximum absolute atomic E-state index is 11.7. The van der Waals surface area contributed by atoms with E-state index in [2.05, 4.69) is 5.32 Å². The van der Waals surface area contributed by atoms with Gasteiger partial charge in [0.15, 0.2) is 0 Å². The number of carbonyl (C=O) groups is 2. The molecule has 110 valence electrons. The Morgan fingerprint density at radius 2 is 1.95 bits per heavy atom. The second kappa shape index (κ2) is 8.94. The first-order valence-corrected chi connectivity index (χ1v) is 7.59. The summed E-state index contributed by atoms with van der Waals surface area (Å²) in [6, 6.07) is -0.540. The molecular weight excluding hydrogens is 242 g/mol. The van der Waals surface area contributed by atoms with Crippen molar-refractivity contribution < 1.29 is 14.3 Å². The average Bonchev–Trinajstić information content (AvgIpc) is 2.40. The molecule has 0 radical (unpaired) electrons. The molecular formula is C15H27NO3. The molecule has 1 atom stereocenters. The lowest BCUT2D eigenvalue weighted by atomic mass is 9.86. The van der Waals surface area contributed by atoms with E-state index in [0.717, 1.165) is 18.8 Å². The Hall–Kier alpha value is -1.06. The fourth-order valence-corrected chi connectivity index (χ4v) is 2.67. The van der Waals surface area contributed by atoms with E-state index in [1.165, 1.54) is 32.1 Å². The van der Waals surface area contributed by atoms with Gasteiger partial charge in [0.1, 0.15) is 6.04 Å². The predicted octanol–water partition coefficient (Wildman–Crippen LogP) is 2.80. The Bertz CT molecular complexity index is 285. The first-order chi connectivity index (χ1) is 9.13. The Morgan fingerprint density at radius 1 is 1.26 bits per heavy atom. The van der Waals surface area contributed by atoms with Gasteiger partial charge in [0.05, 0.1) is 6.61 Å². The van der Waals surface area contributed by atoms with Gasteiger partial charge in [-0.25, -0.2) is 4.79 Å². The summed E-state index contributed by atoms with van der Waals surface area (Å²) in [4.78, 5) is 23.0. The van der Waals surface area contributed by atoms with Gasteiger partial charge in [-0.15, -0.1) is 0 Å². The summed E-state index contributed by atoms with van der Waals surface area (Å²) in [7, 11) is 0. The highest BCUT2D eigenvalue weighted by atomic mass is 16.5. The van der Waals surface area contributed by atoms with Crippen LogP contribution in [0.3, 0.4) is 0 Å². The van der Waals surface area contributed by atoms with Crippen molar-refractivity contribution in [1.29, 1.82) is 0 Å². The van der Waals surface area contributed by atoms with Crippen molar-refractivity contribution in [1.82, 2.24) is 5.32 Å².